The number of nitrogens with zero attached hydrogens (tertiary/aromatic N) is 2. The van der Waals surface area contributed by atoms with Gasteiger partial charge in [-0.3, -0.25) is 0 Å². The van der Waals surface area contributed by atoms with E-state index in [0.29, 0.717) is 0 Å². The third-order valence-electron chi connectivity index (χ3n) is 6.01. The highest BCUT2D eigenvalue weighted by Crippen LogP contribution is 2.19. The molecule has 0 atom stereocenters. The first kappa shape index (κ1) is 28.0. The molecule has 4 nitrogen and oxygen atoms in total. The van der Waals surface area contributed by atoms with Crippen molar-refractivity contribution < 1.29 is 9.47 Å². The molecule has 4 heteroatoms. The second-order valence-corrected chi connectivity index (χ2v) is 9.12. The van der Waals surface area contributed by atoms with Gasteiger partial charge in [-0.15, -0.1) is 6.58 Å². The lowest BCUT2D eigenvalue weighted by Crippen LogP contribution is -1.99. The zero-order chi connectivity index (χ0) is 24.1. The van der Waals surface area contributed by atoms with Crippen LogP contribution in [0, 0.1) is 0 Å². The Labute approximate surface area is 208 Å². The van der Waals surface area contributed by atoms with Crippen molar-refractivity contribution in [1.82, 2.24) is 9.97 Å². The van der Waals surface area contributed by atoms with Crippen molar-refractivity contribution in [2.75, 3.05) is 19.8 Å². The van der Waals surface area contributed by atoms with Gasteiger partial charge in [0.25, 0.3) is 0 Å². The van der Waals surface area contributed by atoms with Crippen molar-refractivity contribution in [2.45, 2.75) is 96.8 Å². The smallest absolute Gasteiger partial charge is 0.159 e. The minimum absolute atomic E-state index is 0.738. The lowest BCUT2D eigenvalue weighted by atomic mass is 10.0. The third-order valence-corrected chi connectivity index (χ3v) is 6.01. The average Bonchev–Trinajstić information content (AvgIpc) is 2.87. The van der Waals surface area contributed by atoms with Crippen LogP contribution in [-0.2, 0) is 11.2 Å². The maximum atomic E-state index is 5.83. The van der Waals surface area contributed by atoms with E-state index in [-0.39, 0.29) is 0 Å². The van der Waals surface area contributed by atoms with E-state index in [4.69, 9.17) is 9.47 Å². The highest BCUT2D eigenvalue weighted by atomic mass is 16.5. The van der Waals surface area contributed by atoms with Gasteiger partial charge in [-0.05, 0) is 50.5 Å². The Balaban J connectivity index is 1.56. The molecule has 2 rings (SSSR count). The van der Waals surface area contributed by atoms with Gasteiger partial charge in [-0.2, -0.15) is 0 Å². The summed E-state index contributed by atoms with van der Waals surface area (Å²) in [6, 6.07) is 8.62. The van der Waals surface area contributed by atoms with E-state index in [2.05, 4.69) is 47.7 Å². The Morgan fingerprint density at radius 2 is 1.35 bits per heavy atom. The molecule has 0 N–H and O–H groups in total. The Morgan fingerprint density at radius 3 is 2.03 bits per heavy atom. The van der Waals surface area contributed by atoms with Gasteiger partial charge in [0.15, 0.2) is 11.6 Å². The molecule has 0 unspecified atom stereocenters. The Hall–Kier alpha value is -2.20. The van der Waals surface area contributed by atoms with E-state index >= 15 is 0 Å². The molecular weight excluding hydrogens is 420 g/mol. The molecule has 0 saturated carbocycles. The summed E-state index contributed by atoms with van der Waals surface area (Å²) in [4.78, 5) is 9.01. The van der Waals surface area contributed by atoms with Crippen LogP contribution >= 0.6 is 0 Å². The van der Waals surface area contributed by atoms with Crippen LogP contribution in [0.3, 0.4) is 0 Å². The number of hydrogen-bond donors (Lipinski definition) is 0. The first-order chi connectivity index (χ1) is 16.8. The summed E-state index contributed by atoms with van der Waals surface area (Å²) >= 11 is 0. The first-order valence-corrected chi connectivity index (χ1v) is 13.6. The van der Waals surface area contributed by atoms with Crippen LogP contribution in [0.4, 0.5) is 0 Å². The molecule has 0 bridgehead atoms. The number of unbranched alkanes of at least 4 members (excludes halogenated alkanes) is 10. The van der Waals surface area contributed by atoms with Crippen LogP contribution in [0.25, 0.3) is 11.4 Å². The van der Waals surface area contributed by atoms with Gasteiger partial charge >= 0.3 is 0 Å². The molecular formula is C30H46N2O2. The molecule has 1 aromatic heterocycles. The van der Waals surface area contributed by atoms with Gasteiger partial charge in [0.1, 0.15) is 0 Å². The van der Waals surface area contributed by atoms with E-state index in [9.17, 15) is 0 Å². The molecule has 188 valence electrons. The summed E-state index contributed by atoms with van der Waals surface area (Å²) in [6.45, 7) is 8.43. The standard InChI is InChI=1S/C30H46N2O2/c1-3-5-6-7-8-9-10-11-12-16-24-34-29-25-31-30(32-26-29)28-20-18-27(19-21-28)17-14-13-15-23-33-22-4-2/h3,18-21,25-26H,1,4-17,22-24H2,2H3. The zero-order valence-electron chi connectivity index (χ0n) is 21.5. The third kappa shape index (κ3) is 12.9. The van der Waals surface area contributed by atoms with Crippen LogP contribution in [-0.4, -0.2) is 29.8 Å². The summed E-state index contributed by atoms with van der Waals surface area (Å²) < 4.78 is 11.4. The van der Waals surface area contributed by atoms with Gasteiger partial charge in [-0.1, -0.05) is 82.2 Å². The highest BCUT2D eigenvalue weighted by Gasteiger charge is 2.03. The fourth-order valence-electron chi connectivity index (χ4n) is 3.96. The molecule has 0 spiro atoms. The molecule has 0 amide bonds. The van der Waals surface area contributed by atoms with E-state index in [1.807, 2.05) is 6.08 Å². The number of aryl methyl sites for hydroxylation is 1. The summed E-state index contributed by atoms with van der Waals surface area (Å²) in [7, 11) is 0. The summed E-state index contributed by atoms with van der Waals surface area (Å²) in [6.07, 6.45) is 22.8. The van der Waals surface area contributed by atoms with Gasteiger partial charge < -0.3 is 9.47 Å². The maximum absolute atomic E-state index is 5.83. The molecule has 0 radical (unpaired) electrons. The van der Waals surface area contributed by atoms with E-state index in [1.165, 1.54) is 63.4 Å². The highest BCUT2D eigenvalue weighted by molar-refractivity contribution is 5.55. The number of ether oxygens (including phenoxy) is 2. The number of benzene rings is 1. The molecule has 0 aliphatic heterocycles. The van der Waals surface area contributed by atoms with Crippen molar-refractivity contribution in [2.24, 2.45) is 0 Å². The van der Waals surface area contributed by atoms with Gasteiger partial charge in [0.05, 0.1) is 19.0 Å². The average molecular weight is 467 g/mol. The van der Waals surface area contributed by atoms with Crippen LogP contribution in [0.1, 0.15) is 96.0 Å². The van der Waals surface area contributed by atoms with Gasteiger partial charge in [0.2, 0.25) is 0 Å². The maximum Gasteiger partial charge on any atom is 0.159 e. The van der Waals surface area contributed by atoms with Crippen LogP contribution in [0.15, 0.2) is 49.3 Å². The number of rotatable bonds is 21. The molecule has 0 fully saturated rings. The monoisotopic (exact) mass is 466 g/mol. The van der Waals surface area contributed by atoms with E-state index in [1.54, 1.807) is 12.4 Å². The van der Waals surface area contributed by atoms with Crippen molar-refractivity contribution in [3.63, 3.8) is 0 Å². The summed E-state index contributed by atoms with van der Waals surface area (Å²) in [5.74, 6) is 1.51. The number of aromatic nitrogens is 2. The van der Waals surface area contributed by atoms with Gasteiger partial charge in [-0.25, -0.2) is 9.97 Å². The Kier molecular flexibility index (Phi) is 15.8. The van der Waals surface area contributed by atoms with Gasteiger partial charge in [0, 0.05) is 18.8 Å². The zero-order valence-corrected chi connectivity index (χ0v) is 21.5. The van der Waals surface area contributed by atoms with Crippen molar-refractivity contribution in [3.05, 3.63) is 54.9 Å². The fraction of sp³-hybridized carbons (Fsp3) is 0.600. The SMILES string of the molecule is C=CCCCCCCCCCCOc1cnc(-c2ccc(CCCCCOCCC)cc2)nc1. The first-order valence-electron chi connectivity index (χ1n) is 13.6. The van der Waals surface area contributed by atoms with Crippen LogP contribution < -0.4 is 4.74 Å². The van der Waals surface area contributed by atoms with E-state index < -0.39 is 0 Å². The molecule has 0 saturated heterocycles. The Bertz CT molecular complexity index is 743. The lowest BCUT2D eigenvalue weighted by molar-refractivity contribution is 0.130. The normalized spacial score (nSPS) is 11.0. The fourth-order valence-corrected chi connectivity index (χ4v) is 3.96. The number of hydrogen-bond acceptors (Lipinski definition) is 4. The number of allylic oxidation sites excluding steroid dienone is 1. The molecule has 0 aliphatic carbocycles. The predicted molar refractivity (Wildman–Crippen MR) is 143 cm³/mol. The lowest BCUT2D eigenvalue weighted by Gasteiger charge is -2.07. The van der Waals surface area contributed by atoms with Crippen molar-refractivity contribution >= 4 is 0 Å². The second kappa shape index (κ2) is 19.1. The molecule has 1 aromatic carbocycles. The quantitative estimate of drug-likeness (QED) is 0.137. The minimum Gasteiger partial charge on any atom is -0.490 e. The van der Waals surface area contributed by atoms with Crippen molar-refractivity contribution in [3.8, 4) is 17.1 Å². The largest absolute Gasteiger partial charge is 0.490 e. The van der Waals surface area contributed by atoms with Crippen LogP contribution in [0.2, 0.25) is 0 Å². The van der Waals surface area contributed by atoms with E-state index in [0.717, 1.165) is 69.1 Å². The molecule has 34 heavy (non-hydrogen) atoms. The second-order valence-electron chi connectivity index (χ2n) is 9.12. The molecule has 1 heterocycles. The topological polar surface area (TPSA) is 44.2 Å². The predicted octanol–water partition coefficient (Wildman–Crippen LogP) is 8.36. The summed E-state index contributed by atoms with van der Waals surface area (Å²) in [5, 5.41) is 0. The molecule has 0 aliphatic rings. The van der Waals surface area contributed by atoms with Crippen LogP contribution in [0.5, 0.6) is 5.75 Å². The minimum atomic E-state index is 0.738. The molecule has 2 aromatic rings. The summed E-state index contributed by atoms with van der Waals surface area (Å²) in [5.41, 5.74) is 2.42. The van der Waals surface area contributed by atoms with Crippen molar-refractivity contribution in [1.29, 1.82) is 0 Å². The Morgan fingerprint density at radius 1 is 0.735 bits per heavy atom.